The molecule has 0 aliphatic carbocycles. The van der Waals surface area contributed by atoms with Crippen molar-refractivity contribution in [1.82, 2.24) is 0 Å². The number of anilines is 1. The number of benzene rings is 3. The average molecular weight is 291 g/mol. The summed E-state index contributed by atoms with van der Waals surface area (Å²) in [5, 5.41) is 0. The zero-order chi connectivity index (χ0) is 15.4. The van der Waals surface area contributed by atoms with E-state index in [2.05, 4.69) is 0 Å². The summed E-state index contributed by atoms with van der Waals surface area (Å²) >= 11 is 0. The number of nitrogen functional groups attached to an aromatic ring is 1. The highest BCUT2D eigenvalue weighted by atomic mass is 16.5. The van der Waals surface area contributed by atoms with Crippen LogP contribution in [-0.4, -0.2) is 0 Å². The average Bonchev–Trinajstić information content (AvgIpc) is 2.54. The van der Waals surface area contributed by atoms with Crippen LogP contribution in [0, 0.1) is 6.92 Å². The second kappa shape index (κ2) is 6.22. The predicted molar refractivity (Wildman–Crippen MR) is 88.6 cm³/mol. The van der Waals surface area contributed by atoms with Gasteiger partial charge in [0.15, 0.2) is 5.75 Å². The van der Waals surface area contributed by atoms with Crippen LogP contribution in [0.4, 0.5) is 5.69 Å². The molecule has 0 unspecified atom stereocenters. The van der Waals surface area contributed by atoms with Crippen LogP contribution in [0.2, 0.25) is 0 Å². The largest absolute Gasteiger partial charge is 0.457 e. The van der Waals surface area contributed by atoms with Gasteiger partial charge in [-0.1, -0.05) is 30.3 Å². The number of rotatable bonds is 4. The number of hydrogen-bond donors (Lipinski definition) is 1. The molecule has 0 aromatic heterocycles. The summed E-state index contributed by atoms with van der Waals surface area (Å²) in [7, 11) is 0. The van der Waals surface area contributed by atoms with Gasteiger partial charge in [-0.2, -0.15) is 0 Å². The van der Waals surface area contributed by atoms with Crippen molar-refractivity contribution in [2.24, 2.45) is 0 Å². The molecule has 0 aliphatic rings. The molecule has 0 fully saturated rings. The molecule has 0 atom stereocenters. The van der Waals surface area contributed by atoms with E-state index in [0.29, 0.717) is 11.4 Å². The summed E-state index contributed by atoms with van der Waals surface area (Å²) in [6.07, 6.45) is 0. The number of nitrogens with two attached hydrogens (primary N) is 1. The highest BCUT2D eigenvalue weighted by Crippen LogP contribution is 2.32. The third kappa shape index (κ3) is 3.20. The van der Waals surface area contributed by atoms with Gasteiger partial charge in [-0.05, 0) is 55.0 Å². The van der Waals surface area contributed by atoms with E-state index in [1.165, 1.54) is 0 Å². The first-order valence-corrected chi connectivity index (χ1v) is 7.08. The molecular formula is C19H17NO2. The first-order valence-electron chi connectivity index (χ1n) is 7.08. The number of ether oxygens (including phenoxy) is 2. The van der Waals surface area contributed by atoms with E-state index < -0.39 is 0 Å². The predicted octanol–water partition coefficient (Wildman–Crippen LogP) is 5.16. The minimum Gasteiger partial charge on any atom is -0.457 e. The molecule has 110 valence electrons. The molecule has 3 aromatic rings. The van der Waals surface area contributed by atoms with E-state index in [4.69, 9.17) is 15.2 Å². The Bertz CT molecular complexity index is 732. The van der Waals surface area contributed by atoms with Crippen molar-refractivity contribution in [1.29, 1.82) is 0 Å². The highest BCUT2D eigenvalue weighted by molar-refractivity contribution is 5.57. The SMILES string of the molecule is Cc1cccc(N)c1Oc1ccc(Oc2ccccc2)cc1. The van der Waals surface area contributed by atoms with Crippen molar-refractivity contribution in [3.8, 4) is 23.0 Å². The fourth-order valence-electron chi connectivity index (χ4n) is 2.13. The monoisotopic (exact) mass is 291 g/mol. The van der Waals surface area contributed by atoms with E-state index in [1.54, 1.807) is 0 Å². The van der Waals surface area contributed by atoms with Crippen molar-refractivity contribution < 1.29 is 9.47 Å². The number of aryl methyl sites for hydroxylation is 1. The Labute approximate surface area is 129 Å². The summed E-state index contributed by atoms with van der Waals surface area (Å²) in [5.74, 6) is 2.98. The van der Waals surface area contributed by atoms with E-state index in [9.17, 15) is 0 Å². The van der Waals surface area contributed by atoms with Gasteiger partial charge in [0.2, 0.25) is 0 Å². The molecule has 2 N–H and O–H groups in total. The lowest BCUT2D eigenvalue weighted by Gasteiger charge is -2.12. The van der Waals surface area contributed by atoms with E-state index >= 15 is 0 Å². The molecule has 0 spiro atoms. The standard InChI is InChI=1S/C19H17NO2/c1-14-6-5-9-18(20)19(14)22-17-12-10-16(11-13-17)21-15-7-3-2-4-8-15/h2-13H,20H2,1H3. The lowest BCUT2D eigenvalue weighted by atomic mass is 10.2. The smallest absolute Gasteiger partial charge is 0.153 e. The minimum atomic E-state index is 0.629. The molecule has 3 rings (SSSR count). The van der Waals surface area contributed by atoms with Gasteiger partial charge in [-0.3, -0.25) is 0 Å². The zero-order valence-corrected chi connectivity index (χ0v) is 12.3. The number of para-hydroxylation sites is 2. The van der Waals surface area contributed by atoms with E-state index in [1.807, 2.05) is 79.7 Å². The second-order valence-electron chi connectivity index (χ2n) is 4.98. The van der Waals surface area contributed by atoms with Crippen LogP contribution in [0.25, 0.3) is 0 Å². The van der Waals surface area contributed by atoms with Crippen LogP contribution in [-0.2, 0) is 0 Å². The van der Waals surface area contributed by atoms with Gasteiger partial charge < -0.3 is 15.2 Å². The van der Waals surface area contributed by atoms with E-state index in [0.717, 1.165) is 22.8 Å². The Morgan fingerprint density at radius 2 is 1.23 bits per heavy atom. The highest BCUT2D eigenvalue weighted by Gasteiger charge is 2.06. The topological polar surface area (TPSA) is 44.5 Å². The summed E-state index contributed by atoms with van der Waals surface area (Å²) in [6.45, 7) is 1.97. The van der Waals surface area contributed by atoms with Gasteiger partial charge in [-0.25, -0.2) is 0 Å². The molecule has 3 nitrogen and oxygen atoms in total. The molecular weight excluding hydrogens is 274 g/mol. The van der Waals surface area contributed by atoms with Crippen molar-refractivity contribution in [2.75, 3.05) is 5.73 Å². The van der Waals surface area contributed by atoms with Crippen LogP contribution in [0.1, 0.15) is 5.56 Å². The molecule has 0 amide bonds. The van der Waals surface area contributed by atoms with Crippen molar-refractivity contribution >= 4 is 5.69 Å². The summed E-state index contributed by atoms with van der Waals surface area (Å²) in [6, 6.07) is 22.8. The first kappa shape index (κ1) is 14.0. The van der Waals surface area contributed by atoms with Gasteiger partial charge in [0, 0.05) is 0 Å². The number of hydrogen-bond acceptors (Lipinski definition) is 3. The summed E-state index contributed by atoms with van der Waals surface area (Å²) < 4.78 is 11.6. The van der Waals surface area contributed by atoms with Crippen LogP contribution < -0.4 is 15.2 Å². The Hall–Kier alpha value is -2.94. The van der Waals surface area contributed by atoms with Crippen LogP contribution >= 0.6 is 0 Å². The minimum absolute atomic E-state index is 0.629. The fourth-order valence-corrected chi connectivity index (χ4v) is 2.13. The van der Waals surface area contributed by atoms with Gasteiger partial charge in [-0.15, -0.1) is 0 Å². The van der Waals surface area contributed by atoms with Crippen molar-refractivity contribution in [3.05, 3.63) is 78.4 Å². The quantitative estimate of drug-likeness (QED) is 0.675. The normalized spacial score (nSPS) is 10.2. The van der Waals surface area contributed by atoms with Gasteiger partial charge in [0.1, 0.15) is 17.2 Å². The van der Waals surface area contributed by atoms with Crippen LogP contribution in [0.15, 0.2) is 72.8 Å². The van der Waals surface area contributed by atoms with Crippen LogP contribution in [0.5, 0.6) is 23.0 Å². The molecule has 3 heteroatoms. The van der Waals surface area contributed by atoms with Gasteiger partial charge >= 0.3 is 0 Å². The van der Waals surface area contributed by atoms with Gasteiger partial charge in [0.05, 0.1) is 5.69 Å². The Morgan fingerprint density at radius 3 is 1.86 bits per heavy atom. The molecule has 3 aromatic carbocycles. The third-order valence-corrected chi connectivity index (χ3v) is 3.26. The first-order chi connectivity index (χ1) is 10.7. The molecule has 22 heavy (non-hydrogen) atoms. The van der Waals surface area contributed by atoms with Crippen molar-refractivity contribution in [2.45, 2.75) is 6.92 Å². The molecule has 0 saturated heterocycles. The van der Waals surface area contributed by atoms with Crippen LogP contribution in [0.3, 0.4) is 0 Å². The van der Waals surface area contributed by atoms with Gasteiger partial charge in [0.25, 0.3) is 0 Å². The molecule has 0 bridgehead atoms. The fraction of sp³-hybridized carbons (Fsp3) is 0.0526. The lowest BCUT2D eigenvalue weighted by molar-refractivity contribution is 0.469. The second-order valence-corrected chi connectivity index (χ2v) is 4.98. The third-order valence-electron chi connectivity index (χ3n) is 3.26. The maximum atomic E-state index is 5.95. The van der Waals surface area contributed by atoms with E-state index in [-0.39, 0.29) is 0 Å². The molecule has 0 saturated carbocycles. The summed E-state index contributed by atoms with van der Waals surface area (Å²) in [4.78, 5) is 0. The maximum Gasteiger partial charge on any atom is 0.153 e. The Kier molecular flexibility index (Phi) is 3.97. The lowest BCUT2D eigenvalue weighted by Crippen LogP contribution is -1.94. The maximum absolute atomic E-state index is 5.95. The zero-order valence-electron chi connectivity index (χ0n) is 12.3. The molecule has 0 aliphatic heterocycles. The summed E-state index contributed by atoms with van der Waals surface area (Å²) in [5.41, 5.74) is 7.59. The van der Waals surface area contributed by atoms with Crippen molar-refractivity contribution in [3.63, 3.8) is 0 Å². The Balaban J connectivity index is 1.74. The molecule has 0 heterocycles. The molecule has 0 radical (unpaired) electrons. The Morgan fingerprint density at radius 1 is 0.636 bits per heavy atom.